The standard InChI is InChI=1S/C24H28ClN5O2/c1-16-8-10-30(11-9-16)24-27-14-18(15-28-24)23(31)29-19-3-6-20(7-4-19)32-21-5-2-17(13-26)22(25)12-21/h2,5,12,14-16,19-20H,3-4,6-11H2,1H3,(H,29,31). The molecule has 1 saturated carbocycles. The van der Waals surface area contributed by atoms with Gasteiger partial charge in [-0.25, -0.2) is 9.97 Å². The zero-order chi connectivity index (χ0) is 22.5. The van der Waals surface area contributed by atoms with Crippen LogP contribution in [0.1, 0.15) is 61.4 Å². The number of ether oxygens (including phenoxy) is 1. The van der Waals surface area contributed by atoms with Crippen LogP contribution in [0.2, 0.25) is 5.02 Å². The lowest BCUT2D eigenvalue weighted by atomic mass is 9.92. The number of hydrogen-bond acceptors (Lipinski definition) is 6. The number of rotatable bonds is 5. The van der Waals surface area contributed by atoms with E-state index in [0.29, 0.717) is 27.8 Å². The van der Waals surface area contributed by atoms with Gasteiger partial charge in [0.05, 0.1) is 22.3 Å². The zero-order valence-corrected chi connectivity index (χ0v) is 19.0. The Morgan fingerprint density at radius 3 is 2.47 bits per heavy atom. The summed E-state index contributed by atoms with van der Waals surface area (Å²) >= 11 is 6.08. The molecule has 7 nitrogen and oxygen atoms in total. The van der Waals surface area contributed by atoms with Crippen molar-refractivity contribution in [1.82, 2.24) is 15.3 Å². The van der Waals surface area contributed by atoms with Gasteiger partial charge < -0.3 is 15.0 Å². The zero-order valence-electron chi connectivity index (χ0n) is 18.3. The first-order chi connectivity index (χ1) is 15.5. The number of amides is 1. The van der Waals surface area contributed by atoms with Gasteiger partial charge in [-0.15, -0.1) is 0 Å². The number of halogens is 1. The lowest BCUT2D eigenvalue weighted by molar-refractivity contribution is 0.0893. The molecule has 2 fully saturated rings. The van der Waals surface area contributed by atoms with Crippen LogP contribution >= 0.6 is 11.6 Å². The van der Waals surface area contributed by atoms with E-state index in [-0.39, 0.29) is 18.1 Å². The number of anilines is 1. The van der Waals surface area contributed by atoms with Crippen molar-refractivity contribution >= 4 is 23.5 Å². The molecule has 1 aromatic heterocycles. The Bertz CT molecular complexity index is 975. The summed E-state index contributed by atoms with van der Waals surface area (Å²) in [5.74, 6) is 1.99. The number of hydrogen-bond donors (Lipinski definition) is 1. The monoisotopic (exact) mass is 453 g/mol. The fourth-order valence-electron chi connectivity index (χ4n) is 4.26. The summed E-state index contributed by atoms with van der Waals surface area (Å²) in [6.45, 7) is 4.20. The van der Waals surface area contributed by atoms with E-state index >= 15 is 0 Å². The van der Waals surface area contributed by atoms with Gasteiger partial charge in [0.1, 0.15) is 11.8 Å². The Balaban J connectivity index is 1.24. The van der Waals surface area contributed by atoms with Crippen LogP contribution in [0.3, 0.4) is 0 Å². The number of nitriles is 1. The van der Waals surface area contributed by atoms with Crippen LogP contribution in [0.25, 0.3) is 0 Å². The molecule has 32 heavy (non-hydrogen) atoms. The fraction of sp³-hybridized carbons (Fsp3) is 0.500. The van der Waals surface area contributed by atoms with Gasteiger partial charge in [-0.05, 0) is 56.6 Å². The molecular weight excluding hydrogens is 426 g/mol. The van der Waals surface area contributed by atoms with Crippen molar-refractivity contribution in [3.8, 4) is 11.8 Å². The highest BCUT2D eigenvalue weighted by molar-refractivity contribution is 6.31. The van der Waals surface area contributed by atoms with Gasteiger partial charge in [0.25, 0.3) is 5.91 Å². The molecule has 0 unspecified atom stereocenters. The third-order valence-electron chi connectivity index (χ3n) is 6.34. The second kappa shape index (κ2) is 10.2. The quantitative estimate of drug-likeness (QED) is 0.723. The first-order valence-corrected chi connectivity index (χ1v) is 11.6. The molecule has 168 valence electrons. The number of nitrogens with one attached hydrogen (secondary N) is 1. The van der Waals surface area contributed by atoms with Gasteiger partial charge in [-0.3, -0.25) is 4.79 Å². The Kier molecular flexibility index (Phi) is 7.11. The first kappa shape index (κ1) is 22.3. The van der Waals surface area contributed by atoms with Crippen LogP contribution < -0.4 is 15.0 Å². The Morgan fingerprint density at radius 2 is 1.84 bits per heavy atom. The molecule has 0 bridgehead atoms. The average molecular weight is 454 g/mol. The highest BCUT2D eigenvalue weighted by Gasteiger charge is 2.25. The molecule has 1 amide bonds. The molecule has 0 radical (unpaired) electrons. The van der Waals surface area contributed by atoms with Crippen LogP contribution in [-0.2, 0) is 0 Å². The summed E-state index contributed by atoms with van der Waals surface area (Å²) in [5.41, 5.74) is 0.928. The number of piperidine rings is 1. The van der Waals surface area contributed by atoms with Crippen molar-refractivity contribution in [2.24, 2.45) is 5.92 Å². The maximum Gasteiger partial charge on any atom is 0.254 e. The number of benzene rings is 1. The lowest BCUT2D eigenvalue weighted by Gasteiger charge is -2.30. The second-order valence-corrected chi connectivity index (χ2v) is 9.17. The van der Waals surface area contributed by atoms with Crippen molar-refractivity contribution < 1.29 is 9.53 Å². The van der Waals surface area contributed by atoms with E-state index < -0.39 is 0 Å². The number of carbonyl (C=O) groups excluding carboxylic acids is 1. The minimum Gasteiger partial charge on any atom is -0.490 e. The summed E-state index contributed by atoms with van der Waals surface area (Å²) in [6.07, 6.45) is 8.97. The highest BCUT2D eigenvalue weighted by atomic mass is 35.5. The Hall–Kier alpha value is -2.85. The molecule has 2 aromatic rings. The van der Waals surface area contributed by atoms with Crippen LogP contribution in [0.15, 0.2) is 30.6 Å². The lowest BCUT2D eigenvalue weighted by Crippen LogP contribution is -2.40. The topological polar surface area (TPSA) is 91.1 Å². The largest absolute Gasteiger partial charge is 0.490 e. The van der Waals surface area contributed by atoms with Gasteiger partial charge in [0, 0.05) is 37.6 Å². The molecular formula is C24H28ClN5O2. The minimum atomic E-state index is -0.132. The molecule has 2 heterocycles. The van der Waals surface area contributed by atoms with E-state index in [2.05, 4.69) is 27.1 Å². The van der Waals surface area contributed by atoms with Gasteiger partial charge >= 0.3 is 0 Å². The Labute approximate surface area is 193 Å². The van der Waals surface area contributed by atoms with Gasteiger partial charge in [0.2, 0.25) is 5.95 Å². The molecule has 8 heteroatoms. The van der Waals surface area contributed by atoms with Crippen LogP contribution in [0, 0.1) is 17.2 Å². The van der Waals surface area contributed by atoms with E-state index in [1.807, 2.05) is 6.07 Å². The van der Waals surface area contributed by atoms with Gasteiger partial charge in [-0.1, -0.05) is 18.5 Å². The van der Waals surface area contributed by atoms with Crippen molar-refractivity contribution in [3.63, 3.8) is 0 Å². The molecule has 1 N–H and O–H groups in total. The second-order valence-electron chi connectivity index (χ2n) is 8.76. The third kappa shape index (κ3) is 5.49. The van der Waals surface area contributed by atoms with E-state index in [4.69, 9.17) is 21.6 Å². The molecule has 1 aromatic carbocycles. The molecule has 1 saturated heterocycles. The number of aromatic nitrogens is 2. The summed E-state index contributed by atoms with van der Waals surface area (Å²) < 4.78 is 6.02. The molecule has 0 spiro atoms. The van der Waals surface area contributed by atoms with E-state index in [0.717, 1.165) is 57.5 Å². The van der Waals surface area contributed by atoms with Crippen LogP contribution in [0.4, 0.5) is 5.95 Å². The summed E-state index contributed by atoms with van der Waals surface area (Å²) in [5, 5.41) is 12.5. The van der Waals surface area contributed by atoms with Gasteiger partial charge in [0.15, 0.2) is 0 Å². The maximum absolute atomic E-state index is 12.6. The summed E-state index contributed by atoms with van der Waals surface area (Å²) in [4.78, 5) is 23.7. The van der Waals surface area contributed by atoms with E-state index in [9.17, 15) is 4.79 Å². The van der Waals surface area contributed by atoms with Crippen LogP contribution in [-0.4, -0.2) is 41.1 Å². The first-order valence-electron chi connectivity index (χ1n) is 11.3. The van der Waals surface area contributed by atoms with Crippen molar-refractivity contribution in [2.75, 3.05) is 18.0 Å². The number of carbonyl (C=O) groups is 1. The minimum absolute atomic E-state index is 0.0713. The summed E-state index contributed by atoms with van der Waals surface area (Å²) in [7, 11) is 0. The predicted molar refractivity (Wildman–Crippen MR) is 123 cm³/mol. The average Bonchev–Trinajstić information content (AvgIpc) is 2.81. The smallest absolute Gasteiger partial charge is 0.254 e. The third-order valence-corrected chi connectivity index (χ3v) is 6.65. The maximum atomic E-state index is 12.6. The van der Waals surface area contributed by atoms with Crippen molar-refractivity contribution in [3.05, 3.63) is 46.7 Å². The van der Waals surface area contributed by atoms with E-state index in [1.54, 1.807) is 30.6 Å². The Morgan fingerprint density at radius 1 is 1.16 bits per heavy atom. The summed E-state index contributed by atoms with van der Waals surface area (Å²) in [6, 6.07) is 7.27. The molecule has 1 aliphatic carbocycles. The highest BCUT2D eigenvalue weighted by Crippen LogP contribution is 2.27. The van der Waals surface area contributed by atoms with Gasteiger partial charge in [-0.2, -0.15) is 5.26 Å². The number of nitrogens with zero attached hydrogens (tertiary/aromatic N) is 4. The molecule has 4 rings (SSSR count). The van der Waals surface area contributed by atoms with Crippen molar-refractivity contribution in [1.29, 1.82) is 5.26 Å². The molecule has 0 atom stereocenters. The van der Waals surface area contributed by atoms with Crippen LogP contribution in [0.5, 0.6) is 5.75 Å². The molecule has 2 aliphatic rings. The molecule has 1 aliphatic heterocycles. The SMILES string of the molecule is CC1CCN(c2ncc(C(=O)NC3CCC(Oc4ccc(C#N)c(Cl)c4)CC3)cn2)CC1. The predicted octanol–water partition coefficient (Wildman–Crippen LogP) is 4.36. The normalized spacial score (nSPS) is 21.6. The van der Waals surface area contributed by atoms with E-state index in [1.165, 1.54) is 0 Å². The van der Waals surface area contributed by atoms with Crippen molar-refractivity contribution in [2.45, 2.75) is 57.6 Å². The fourth-order valence-corrected chi connectivity index (χ4v) is 4.47.